The van der Waals surface area contributed by atoms with E-state index in [0.29, 0.717) is 16.1 Å². The van der Waals surface area contributed by atoms with Crippen molar-refractivity contribution in [2.75, 3.05) is 14.2 Å². The summed E-state index contributed by atoms with van der Waals surface area (Å²) in [5.74, 6) is -0.496. The molecule has 2 aliphatic heterocycles. The number of benzene rings is 2. The molecule has 2 fully saturated rings. The van der Waals surface area contributed by atoms with E-state index >= 15 is 0 Å². The highest BCUT2D eigenvalue weighted by atomic mass is 35.5. The number of hydrogen-bond acceptors (Lipinski definition) is 4. The highest BCUT2D eigenvalue weighted by molar-refractivity contribution is 6.30. The van der Waals surface area contributed by atoms with Crippen LogP contribution in [0.3, 0.4) is 0 Å². The third-order valence-electron chi connectivity index (χ3n) is 6.34. The molecule has 0 radical (unpaired) electrons. The van der Waals surface area contributed by atoms with E-state index in [2.05, 4.69) is 11.9 Å². The number of hydrogen-bond donors (Lipinski definition) is 0. The second kappa shape index (κ2) is 8.65. The molecule has 2 saturated heterocycles. The number of esters is 1. The molecule has 4 nitrogen and oxygen atoms in total. The summed E-state index contributed by atoms with van der Waals surface area (Å²) in [6.45, 7) is 0. The zero-order chi connectivity index (χ0) is 20.5. The summed E-state index contributed by atoms with van der Waals surface area (Å²) in [4.78, 5) is 15.0. The van der Waals surface area contributed by atoms with E-state index in [1.807, 2.05) is 48.5 Å². The predicted molar refractivity (Wildman–Crippen MR) is 114 cm³/mol. The number of carbonyl (C=O) groups excluding carboxylic acids is 1. The Morgan fingerprint density at radius 3 is 2.07 bits per heavy atom. The lowest BCUT2D eigenvalue weighted by molar-refractivity contribution is -0.162. The van der Waals surface area contributed by atoms with E-state index in [-0.39, 0.29) is 30.1 Å². The second-order valence-electron chi connectivity index (χ2n) is 7.91. The minimum Gasteiger partial charge on any atom is -0.469 e. The van der Waals surface area contributed by atoms with Crippen LogP contribution in [0.4, 0.5) is 0 Å². The maximum Gasteiger partial charge on any atom is 0.312 e. The largest absolute Gasteiger partial charge is 0.469 e. The van der Waals surface area contributed by atoms with Crippen LogP contribution in [0.2, 0.25) is 10.0 Å². The van der Waals surface area contributed by atoms with E-state index < -0.39 is 0 Å². The molecule has 2 heterocycles. The number of ether oxygens (including phenoxy) is 2. The minimum atomic E-state index is -0.315. The summed E-state index contributed by atoms with van der Waals surface area (Å²) in [6.07, 6.45) is 2.36. The van der Waals surface area contributed by atoms with E-state index in [1.54, 1.807) is 0 Å². The number of halogens is 2. The molecule has 2 aromatic rings. The van der Waals surface area contributed by atoms with Crippen LogP contribution in [0.5, 0.6) is 0 Å². The molecule has 0 saturated carbocycles. The van der Waals surface area contributed by atoms with Crippen molar-refractivity contribution in [3.05, 3.63) is 69.7 Å². The highest BCUT2D eigenvalue weighted by Gasteiger charge is 2.50. The van der Waals surface area contributed by atoms with Crippen molar-refractivity contribution in [3.8, 4) is 0 Å². The fourth-order valence-electron chi connectivity index (χ4n) is 4.81. The first-order valence-electron chi connectivity index (χ1n) is 9.94. The zero-order valence-electron chi connectivity index (χ0n) is 16.6. The average molecular weight is 434 g/mol. The van der Waals surface area contributed by atoms with Crippen LogP contribution in [0.15, 0.2) is 48.5 Å². The van der Waals surface area contributed by atoms with Gasteiger partial charge in [-0.3, -0.25) is 9.69 Å². The molecule has 4 atom stereocenters. The van der Waals surface area contributed by atoms with Crippen LogP contribution >= 0.6 is 23.2 Å². The summed E-state index contributed by atoms with van der Waals surface area (Å²) < 4.78 is 11.9. The number of carbonyl (C=O) groups is 1. The summed E-state index contributed by atoms with van der Waals surface area (Å²) in [7, 11) is 3.56. The van der Waals surface area contributed by atoms with Crippen molar-refractivity contribution in [2.45, 2.75) is 43.6 Å². The fraction of sp³-hybridized carbons (Fsp3) is 0.435. The second-order valence-corrected chi connectivity index (χ2v) is 8.78. The Balaban J connectivity index is 1.68. The quantitative estimate of drug-likeness (QED) is 0.613. The molecule has 2 aliphatic rings. The number of methoxy groups -OCH3 is 1. The van der Waals surface area contributed by atoms with Crippen LogP contribution in [0.25, 0.3) is 0 Å². The van der Waals surface area contributed by atoms with Crippen LogP contribution in [0.1, 0.15) is 36.5 Å². The molecule has 29 heavy (non-hydrogen) atoms. The smallest absolute Gasteiger partial charge is 0.312 e. The molecule has 0 aliphatic carbocycles. The number of fused-ring (bicyclic) bond motifs is 2. The summed E-state index contributed by atoms with van der Waals surface area (Å²) in [6, 6.07) is 15.9. The Hall–Kier alpha value is -1.59. The molecule has 2 aromatic carbocycles. The summed E-state index contributed by atoms with van der Waals surface area (Å²) in [5.41, 5.74) is 1.98. The average Bonchev–Trinajstić information content (AvgIpc) is 2.96. The number of piperidine rings is 1. The molecule has 6 heteroatoms. The molecule has 2 bridgehead atoms. The molecular formula is C23H25Cl2NO3. The number of nitrogens with zero attached hydrogens (tertiary/aromatic N) is 1. The van der Waals surface area contributed by atoms with Crippen molar-refractivity contribution in [2.24, 2.45) is 5.92 Å². The van der Waals surface area contributed by atoms with Crippen molar-refractivity contribution >= 4 is 29.2 Å². The van der Waals surface area contributed by atoms with Gasteiger partial charge in [0.2, 0.25) is 0 Å². The van der Waals surface area contributed by atoms with Gasteiger partial charge in [-0.25, -0.2) is 0 Å². The monoisotopic (exact) mass is 433 g/mol. The molecule has 0 aromatic heterocycles. The predicted octanol–water partition coefficient (Wildman–Crippen LogP) is 5.12. The van der Waals surface area contributed by atoms with Crippen molar-refractivity contribution in [1.29, 1.82) is 0 Å². The fourth-order valence-corrected chi connectivity index (χ4v) is 5.06. The molecule has 154 valence electrons. The number of rotatable bonds is 5. The Bertz CT molecular complexity index is 810. The van der Waals surface area contributed by atoms with Gasteiger partial charge < -0.3 is 9.47 Å². The van der Waals surface area contributed by atoms with E-state index in [0.717, 1.165) is 30.4 Å². The normalized spacial score (nSPS) is 26.7. The maximum absolute atomic E-state index is 12.7. The Morgan fingerprint density at radius 1 is 1.00 bits per heavy atom. The van der Waals surface area contributed by atoms with Gasteiger partial charge in [0.1, 0.15) is 6.10 Å². The molecular weight excluding hydrogens is 409 g/mol. The van der Waals surface area contributed by atoms with Crippen molar-refractivity contribution in [3.63, 3.8) is 0 Å². The van der Waals surface area contributed by atoms with Gasteiger partial charge in [-0.15, -0.1) is 0 Å². The molecule has 4 rings (SSSR count). The Kier molecular flexibility index (Phi) is 6.16. The van der Waals surface area contributed by atoms with Gasteiger partial charge in [0, 0.05) is 22.1 Å². The topological polar surface area (TPSA) is 38.8 Å². The standard InChI is InChI=1S/C23H25Cl2NO3/c1-26-18-11-12-19(26)21(23(27)28-2)20(13-18)29-22(14-3-7-16(24)8-4-14)15-5-9-17(25)10-6-15/h3-10,18-22H,11-13H2,1-2H3/t18-,19+,20?,21-/m0/s1. The Labute approximate surface area is 181 Å². The Morgan fingerprint density at radius 2 is 1.55 bits per heavy atom. The molecule has 1 unspecified atom stereocenters. The highest BCUT2D eigenvalue weighted by Crippen LogP contribution is 2.42. The van der Waals surface area contributed by atoms with Gasteiger partial charge in [-0.05, 0) is 61.7 Å². The lowest BCUT2D eigenvalue weighted by Gasteiger charge is -2.42. The summed E-state index contributed by atoms with van der Waals surface area (Å²) in [5, 5.41) is 1.35. The van der Waals surface area contributed by atoms with Gasteiger partial charge in [0.25, 0.3) is 0 Å². The van der Waals surface area contributed by atoms with Crippen molar-refractivity contribution in [1.82, 2.24) is 4.90 Å². The van der Waals surface area contributed by atoms with E-state index in [4.69, 9.17) is 32.7 Å². The van der Waals surface area contributed by atoms with Gasteiger partial charge in [-0.2, -0.15) is 0 Å². The third-order valence-corrected chi connectivity index (χ3v) is 6.85. The van der Waals surface area contributed by atoms with Crippen LogP contribution in [0, 0.1) is 5.92 Å². The zero-order valence-corrected chi connectivity index (χ0v) is 18.1. The van der Waals surface area contributed by atoms with Gasteiger partial charge in [0.15, 0.2) is 0 Å². The first kappa shape index (κ1) is 20.7. The van der Waals surface area contributed by atoms with Crippen LogP contribution < -0.4 is 0 Å². The van der Waals surface area contributed by atoms with Crippen molar-refractivity contribution < 1.29 is 14.3 Å². The van der Waals surface area contributed by atoms with Crippen LogP contribution in [-0.2, 0) is 14.3 Å². The molecule has 0 amide bonds. The maximum atomic E-state index is 12.7. The first-order chi connectivity index (χ1) is 14.0. The molecule has 0 spiro atoms. The lowest BCUT2D eigenvalue weighted by Crippen LogP contribution is -2.53. The lowest BCUT2D eigenvalue weighted by atomic mass is 9.87. The molecule has 0 N–H and O–H groups in total. The van der Waals surface area contributed by atoms with Crippen LogP contribution in [-0.4, -0.2) is 43.2 Å². The minimum absolute atomic E-state index is 0.155. The van der Waals surface area contributed by atoms with E-state index in [1.165, 1.54) is 7.11 Å². The third kappa shape index (κ3) is 4.17. The van der Waals surface area contributed by atoms with Gasteiger partial charge in [0.05, 0.1) is 19.1 Å². The summed E-state index contributed by atoms with van der Waals surface area (Å²) >= 11 is 12.2. The van der Waals surface area contributed by atoms with Gasteiger partial charge >= 0.3 is 5.97 Å². The SMILES string of the molecule is COC(=O)[C@@H]1C(OC(c2ccc(Cl)cc2)c2ccc(Cl)cc2)C[C@@H]2CC[C@H]1N2C. The van der Waals surface area contributed by atoms with Gasteiger partial charge in [-0.1, -0.05) is 47.5 Å². The first-order valence-corrected chi connectivity index (χ1v) is 10.7. The van der Waals surface area contributed by atoms with E-state index in [9.17, 15) is 4.79 Å².